The molecule has 11 nitrogen and oxygen atoms in total. The van der Waals surface area contributed by atoms with Gasteiger partial charge >= 0.3 is 5.97 Å². The highest BCUT2D eigenvalue weighted by molar-refractivity contribution is 6.04. The fourth-order valence-electron chi connectivity index (χ4n) is 3.96. The van der Waals surface area contributed by atoms with Crippen molar-refractivity contribution in [1.82, 2.24) is 25.0 Å². The first-order valence-electron chi connectivity index (χ1n) is 11.5. The molecule has 0 aliphatic carbocycles. The molecule has 1 aliphatic heterocycles. The van der Waals surface area contributed by atoms with Crippen molar-refractivity contribution >= 4 is 23.3 Å². The third-order valence-electron chi connectivity index (χ3n) is 5.89. The molecule has 11 heteroatoms. The number of aromatic nitrogens is 5. The first kappa shape index (κ1) is 23.1. The minimum atomic E-state index is -0.418. The van der Waals surface area contributed by atoms with E-state index in [1.165, 1.54) is 0 Å². The van der Waals surface area contributed by atoms with Crippen LogP contribution in [-0.2, 0) is 4.74 Å². The summed E-state index contributed by atoms with van der Waals surface area (Å²) in [6.07, 6.45) is 3.43. The molecule has 1 fully saturated rings. The van der Waals surface area contributed by atoms with Crippen LogP contribution < -0.4 is 15.0 Å². The highest BCUT2D eigenvalue weighted by Gasteiger charge is 2.30. The van der Waals surface area contributed by atoms with Crippen molar-refractivity contribution in [3.05, 3.63) is 72.3 Å². The highest BCUT2D eigenvalue weighted by Crippen LogP contribution is 2.34. The zero-order valence-electron chi connectivity index (χ0n) is 19.8. The molecular formula is C25H25N7O4. The Morgan fingerprint density at radius 3 is 2.75 bits per heavy atom. The largest absolute Gasteiger partial charge is 0.494 e. The lowest BCUT2D eigenvalue weighted by molar-refractivity contribution is 0.0517. The van der Waals surface area contributed by atoms with Gasteiger partial charge in [0.25, 0.3) is 5.91 Å². The van der Waals surface area contributed by atoms with Gasteiger partial charge in [-0.1, -0.05) is 6.07 Å². The van der Waals surface area contributed by atoms with Crippen LogP contribution in [0.3, 0.4) is 0 Å². The summed E-state index contributed by atoms with van der Waals surface area (Å²) in [4.78, 5) is 31.3. The van der Waals surface area contributed by atoms with Crippen LogP contribution in [0.2, 0.25) is 0 Å². The number of esters is 1. The summed E-state index contributed by atoms with van der Waals surface area (Å²) in [7, 11) is 1.56. The Kier molecular flexibility index (Phi) is 6.35. The number of hydrogen-bond donors (Lipinski definition) is 2. The molecule has 0 spiro atoms. The number of rotatable bonds is 8. The van der Waals surface area contributed by atoms with Gasteiger partial charge in [-0.3, -0.25) is 14.6 Å². The predicted molar refractivity (Wildman–Crippen MR) is 132 cm³/mol. The lowest BCUT2D eigenvalue weighted by Gasteiger charge is -2.41. The number of nitrogens with zero attached hydrogens (tertiary/aromatic N) is 5. The molecule has 4 aromatic rings. The Morgan fingerprint density at radius 2 is 2.00 bits per heavy atom. The second-order valence-electron chi connectivity index (χ2n) is 8.18. The van der Waals surface area contributed by atoms with Gasteiger partial charge in [-0.15, -0.1) is 0 Å². The maximum Gasteiger partial charge on any atom is 0.358 e. The zero-order valence-corrected chi connectivity index (χ0v) is 19.8. The number of benzene rings is 1. The first-order valence-corrected chi connectivity index (χ1v) is 11.5. The quantitative estimate of drug-likeness (QED) is 0.363. The van der Waals surface area contributed by atoms with E-state index in [4.69, 9.17) is 9.47 Å². The van der Waals surface area contributed by atoms with Gasteiger partial charge in [-0.05, 0) is 43.3 Å². The fraction of sp³-hybridized carbons (Fsp3) is 0.240. The van der Waals surface area contributed by atoms with Gasteiger partial charge in [0, 0.05) is 37.2 Å². The Hall–Kier alpha value is -4.67. The summed E-state index contributed by atoms with van der Waals surface area (Å²) in [5, 5.41) is 14.0. The molecule has 1 saturated heterocycles. The number of methoxy groups -OCH3 is 1. The number of pyridine rings is 1. The smallest absolute Gasteiger partial charge is 0.358 e. The molecule has 36 heavy (non-hydrogen) atoms. The second kappa shape index (κ2) is 9.90. The molecular weight excluding hydrogens is 462 g/mol. The van der Waals surface area contributed by atoms with E-state index < -0.39 is 5.97 Å². The lowest BCUT2D eigenvalue weighted by Crippen LogP contribution is -2.48. The third kappa shape index (κ3) is 4.63. The molecule has 0 unspecified atom stereocenters. The summed E-state index contributed by atoms with van der Waals surface area (Å²) >= 11 is 0. The van der Waals surface area contributed by atoms with E-state index >= 15 is 0 Å². The molecule has 5 rings (SSSR count). The van der Waals surface area contributed by atoms with Crippen molar-refractivity contribution < 1.29 is 19.1 Å². The van der Waals surface area contributed by atoms with Gasteiger partial charge in [0.15, 0.2) is 5.69 Å². The SMILES string of the molecule is CCOC(=O)c1ccn(C2CN(c3ccc(NC(=O)c4cccc(-c5ccn[nH]5)n4)c(OC)c3)C2)n1. The van der Waals surface area contributed by atoms with Crippen molar-refractivity contribution in [3.8, 4) is 17.1 Å². The van der Waals surface area contributed by atoms with Gasteiger partial charge in [-0.25, -0.2) is 9.78 Å². The van der Waals surface area contributed by atoms with E-state index in [1.54, 1.807) is 61.4 Å². The highest BCUT2D eigenvalue weighted by atomic mass is 16.5. The van der Waals surface area contributed by atoms with E-state index in [1.807, 2.05) is 18.2 Å². The zero-order chi connectivity index (χ0) is 25.1. The number of amides is 1. The van der Waals surface area contributed by atoms with Crippen molar-refractivity contribution in [2.45, 2.75) is 13.0 Å². The van der Waals surface area contributed by atoms with Gasteiger partial charge in [-0.2, -0.15) is 10.2 Å². The van der Waals surface area contributed by atoms with Crippen molar-refractivity contribution in [2.24, 2.45) is 0 Å². The number of carbonyl (C=O) groups excluding carboxylic acids is 2. The average Bonchev–Trinajstić information content (AvgIpc) is 3.57. The normalized spacial score (nSPS) is 13.2. The van der Waals surface area contributed by atoms with Crippen molar-refractivity contribution in [3.63, 3.8) is 0 Å². The van der Waals surface area contributed by atoms with Crippen molar-refractivity contribution in [1.29, 1.82) is 0 Å². The fourth-order valence-corrected chi connectivity index (χ4v) is 3.96. The van der Waals surface area contributed by atoms with Crippen molar-refractivity contribution in [2.75, 3.05) is 37.0 Å². The molecule has 0 bridgehead atoms. The number of carbonyl (C=O) groups is 2. The van der Waals surface area contributed by atoms with Crippen LogP contribution in [-0.4, -0.2) is 63.6 Å². The van der Waals surface area contributed by atoms with Gasteiger partial charge in [0.1, 0.15) is 11.4 Å². The standard InChI is InChI=1S/C25H25N7O4/c1-3-36-25(34)22-10-12-32(30-22)17-14-31(15-17)16-7-8-20(23(13-16)35-2)28-24(33)21-6-4-5-18(27-21)19-9-11-26-29-19/h4-13,17H,3,14-15H2,1-2H3,(H,26,29)(H,28,33). The lowest BCUT2D eigenvalue weighted by atomic mass is 10.1. The van der Waals surface area contributed by atoms with Crippen LogP contribution in [0.4, 0.5) is 11.4 Å². The number of H-pyrrole nitrogens is 1. The molecule has 0 atom stereocenters. The van der Waals surface area contributed by atoms with E-state index in [-0.39, 0.29) is 17.6 Å². The van der Waals surface area contributed by atoms with E-state index in [0.717, 1.165) is 24.5 Å². The summed E-state index contributed by atoms with van der Waals surface area (Å²) in [6, 6.07) is 14.5. The Morgan fingerprint density at radius 1 is 1.14 bits per heavy atom. The van der Waals surface area contributed by atoms with Crippen LogP contribution >= 0.6 is 0 Å². The van der Waals surface area contributed by atoms with Crippen LogP contribution in [0, 0.1) is 0 Å². The van der Waals surface area contributed by atoms with E-state index in [2.05, 4.69) is 30.5 Å². The number of hydrogen-bond acceptors (Lipinski definition) is 8. The molecule has 1 amide bonds. The third-order valence-corrected chi connectivity index (χ3v) is 5.89. The molecule has 3 aromatic heterocycles. The minimum Gasteiger partial charge on any atom is -0.494 e. The van der Waals surface area contributed by atoms with Crippen LogP contribution in [0.1, 0.15) is 33.9 Å². The molecule has 1 aromatic carbocycles. The molecule has 184 valence electrons. The Bertz CT molecular complexity index is 1380. The maximum absolute atomic E-state index is 12.9. The Balaban J connectivity index is 1.24. The van der Waals surface area contributed by atoms with Gasteiger partial charge in [0.2, 0.25) is 0 Å². The molecule has 4 heterocycles. The maximum atomic E-state index is 12.9. The monoisotopic (exact) mass is 487 g/mol. The molecule has 0 radical (unpaired) electrons. The summed E-state index contributed by atoms with van der Waals surface area (Å²) in [5.41, 5.74) is 3.44. The summed E-state index contributed by atoms with van der Waals surface area (Å²) in [6.45, 7) is 3.53. The molecule has 2 N–H and O–H groups in total. The van der Waals surface area contributed by atoms with Gasteiger partial charge in [0.05, 0.1) is 36.8 Å². The second-order valence-corrected chi connectivity index (χ2v) is 8.18. The van der Waals surface area contributed by atoms with E-state index in [9.17, 15) is 9.59 Å². The number of aromatic amines is 1. The van der Waals surface area contributed by atoms with Crippen LogP contribution in [0.15, 0.2) is 60.9 Å². The Labute approximate surface area is 207 Å². The first-order chi connectivity index (χ1) is 17.6. The predicted octanol–water partition coefficient (Wildman–Crippen LogP) is 3.17. The summed E-state index contributed by atoms with van der Waals surface area (Å²) in [5.74, 6) is -0.224. The topological polar surface area (TPSA) is 127 Å². The van der Waals surface area contributed by atoms with E-state index in [0.29, 0.717) is 29.4 Å². The summed E-state index contributed by atoms with van der Waals surface area (Å²) < 4.78 is 12.3. The number of ether oxygens (including phenoxy) is 2. The average molecular weight is 488 g/mol. The van der Waals surface area contributed by atoms with Crippen LogP contribution in [0.25, 0.3) is 11.4 Å². The van der Waals surface area contributed by atoms with Crippen LogP contribution in [0.5, 0.6) is 5.75 Å². The number of anilines is 2. The number of nitrogens with one attached hydrogen (secondary N) is 2. The van der Waals surface area contributed by atoms with Gasteiger partial charge < -0.3 is 19.7 Å². The minimum absolute atomic E-state index is 0.145. The molecule has 0 saturated carbocycles. The molecule has 1 aliphatic rings.